The molecule has 0 saturated heterocycles. The van der Waals surface area contributed by atoms with E-state index < -0.39 is 0 Å². The number of benzene rings is 6. The molecule has 6 aromatic carbocycles. The number of nitrogens with two attached hydrogens (primary N) is 1. The summed E-state index contributed by atoms with van der Waals surface area (Å²) >= 11 is 0. The second kappa shape index (κ2) is 14.4. The quantitative estimate of drug-likeness (QED) is 0.109. The van der Waals surface area contributed by atoms with E-state index in [4.69, 9.17) is 14.6 Å². The average Bonchev–Trinajstić information content (AvgIpc) is 3.71. The highest BCUT2D eigenvalue weighted by molar-refractivity contribution is 6.09. The maximum atomic E-state index is 9.78. The van der Waals surface area contributed by atoms with Crippen LogP contribution in [0.1, 0.15) is 16.7 Å². The Balaban J connectivity index is 0.000000160. The van der Waals surface area contributed by atoms with Crippen molar-refractivity contribution in [2.45, 2.75) is 13.1 Å². The van der Waals surface area contributed by atoms with Gasteiger partial charge in [-0.3, -0.25) is 9.98 Å². The van der Waals surface area contributed by atoms with Crippen LogP contribution in [0.3, 0.4) is 0 Å². The summed E-state index contributed by atoms with van der Waals surface area (Å²) in [6.07, 6.45) is 0. The van der Waals surface area contributed by atoms with Crippen molar-refractivity contribution in [2.24, 2.45) is 15.7 Å². The lowest BCUT2D eigenvalue weighted by molar-refractivity contribution is 0.476. The summed E-state index contributed by atoms with van der Waals surface area (Å²) in [4.78, 5) is 8.43. The second-order valence-electron chi connectivity index (χ2n) is 11.0. The summed E-state index contributed by atoms with van der Waals surface area (Å²) in [6.45, 7) is 10.6. The van der Waals surface area contributed by atoms with Gasteiger partial charge in [0.2, 0.25) is 0 Å². The Morgan fingerprint density at radius 1 is 0.646 bits per heavy atom. The summed E-state index contributed by atoms with van der Waals surface area (Å²) < 4.78 is 11.9. The Morgan fingerprint density at radius 2 is 1.33 bits per heavy atom. The fraction of sp³-hybridized carbons (Fsp3) is 0.0476. The molecule has 0 unspecified atom stereocenters. The van der Waals surface area contributed by atoms with Crippen LogP contribution in [0.25, 0.3) is 55.0 Å². The molecule has 0 fully saturated rings. The molecular weight excluding hydrogens is 594 g/mol. The Bertz CT molecular complexity index is 2370. The molecule has 0 aliphatic heterocycles. The van der Waals surface area contributed by atoms with Crippen molar-refractivity contribution in [2.75, 3.05) is 0 Å². The van der Waals surface area contributed by atoms with Gasteiger partial charge in [0.05, 0.1) is 13.1 Å². The summed E-state index contributed by atoms with van der Waals surface area (Å²) in [5.41, 5.74) is 14.8. The van der Waals surface area contributed by atoms with E-state index in [1.54, 1.807) is 18.2 Å². The Hall–Kier alpha value is -6.40. The lowest BCUT2D eigenvalue weighted by Crippen LogP contribution is -2.13. The zero-order chi connectivity index (χ0) is 33.5. The molecule has 0 saturated carbocycles. The minimum Gasteiger partial charge on any atom is -0.508 e. The lowest BCUT2D eigenvalue weighted by Gasteiger charge is -2.04. The van der Waals surface area contributed by atoms with Crippen molar-refractivity contribution in [3.63, 3.8) is 0 Å². The van der Waals surface area contributed by atoms with Crippen molar-refractivity contribution in [1.82, 2.24) is 0 Å². The predicted molar refractivity (Wildman–Crippen MR) is 200 cm³/mol. The first-order valence-electron chi connectivity index (χ1n) is 15.5. The number of amidine groups is 1. The third-order valence-electron chi connectivity index (χ3n) is 8.02. The number of hydrogen-bond donors (Lipinski definition) is 2. The standard InChI is InChI=1S/C20H16N2O2.C20H15NO.C2H4/c21-20(13-5-2-1-3-6-13)22-12-14-7-4-8-18-19(14)16-11-15(23)9-10-17(16)24-18;1-21-13-14-9-11-15(12-10-14)16-6-4-7-18-17-5-2-3-8-19(17)22-20(16)18;1-2/h1-11,23H,12H2,(H2,21,22);2-12H,1,13H2;1-2H2. The maximum absolute atomic E-state index is 9.78. The number of furan rings is 2. The van der Waals surface area contributed by atoms with Crippen LogP contribution >= 0.6 is 0 Å². The van der Waals surface area contributed by atoms with Crippen molar-refractivity contribution in [3.05, 3.63) is 163 Å². The fourth-order valence-electron chi connectivity index (χ4n) is 5.78. The van der Waals surface area contributed by atoms with E-state index in [0.29, 0.717) is 18.9 Å². The number of rotatable bonds is 6. The molecule has 6 heteroatoms. The number of phenolic OH excluding ortho intramolecular Hbond substituents is 1. The van der Waals surface area contributed by atoms with Crippen molar-refractivity contribution >= 4 is 56.4 Å². The molecule has 2 heterocycles. The largest absolute Gasteiger partial charge is 0.508 e. The summed E-state index contributed by atoms with van der Waals surface area (Å²) in [5.74, 6) is 0.718. The van der Waals surface area contributed by atoms with Crippen LogP contribution in [0.15, 0.2) is 165 Å². The van der Waals surface area contributed by atoms with Gasteiger partial charge in [-0.1, -0.05) is 103 Å². The SMILES string of the molecule is C=C.C=NCc1ccc(-c2cccc3c2oc2ccccc23)cc1.NC(=NCc1cccc2oc3ccc(O)cc3c12)c1ccccc1. The third-order valence-corrected chi connectivity index (χ3v) is 8.02. The molecule has 0 bridgehead atoms. The Morgan fingerprint density at radius 3 is 2.12 bits per heavy atom. The van der Waals surface area contributed by atoms with Crippen LogP contribution in [0.5, 0.6) is 5.75 Å². The Labute approximate surface area is 278 Å². The molecule has 0 atom stereocenters. The molecule has 0 amide bonds. The summed E-state index contributed by atoms with van der Waals surface area (Å²) in [5, 5.41) is 13.9. The van der Waals surface area contributed by atoms with Crippen LogP contribution in [-0.4, -0.2) is 17.7 Å². The van der Waals surface area contributed by atoms with Crippen molar-refractivity contribution in [1.29, 1.82) is 0 Å². The molecule has 6 nitrogen and oxygen atoms in total. The molecule has 3 N–H and O–H groups in total. The first-order valence-corrected chi connectivity index (χ1v) is 15.5. The minimum atomic E-state index is 0.215. The van der Waals surface area contributed by atoms with Crippen molar-refractivity contribution in [3.8, 4) is 16.9 Å². The van der Waals surface area contributed by atoms with Gasteiger partial charge in [0.1, 0.15) is 33.9 Å². The van der Waals surface area contributed by atoms with Gasteiger partial charge >= 0.3 is 0 Å². The number of phenols is 1. The monoisotopic (exact) mass is 629 g/mol. The highest BCUT2D eigenvalue weighted by Crippen LogP contribution is 2.36. The van der Waals surface area contributed by atoms with E-state index >= 15 is 0 Å². The highest BCUT2D eigenvalue weighted by atomic mass is 16.3. The zero-order valence-corrected chi connectivity index (χ0v) is 26.5. The van der Waals surface area contributed by atoms with Gasteiger partial charge in [0.25, 0.3) is 0 Å². The molecule has 8 aromatic rings. The van der Waals surface area contributed by atoms with E-state index in [-0.39, 0.29) is 5.75 Å². The number of aromatic hydroxyl groups is 1. The van der Waals surface area contributed by atoms with Crippen LogP contribution in [0.2, 0.25) is 0 Å². The van der Waals surface area contributed by atoms with E-state index in [2.05, 4.69) is 78.4 Å². The minimum absolute atomic E-state index is 0.215. The number of aliphatic imine (C=N–C) groups is 2. The number of nitrogens with zero attached hydrogens (tertiary/aromatic N) is 2. The second-order valence-corrected chi connectivity index (χ2v) is 11.0. The first-order chi connectivity index (χ1) is 23.6. The molecule has 0 aliphatic rings. The van der Waals surface area contributed by atoms with E-state index in [0.717, 1.165) is 71.7 Å². The van der Waals surface area contributed by atoms with Crippen LogP contribution in [-0.2, 0) is 13.1 Å². The lowest BCUT2D eigenvalue weighted by atomic mass is 10.0. The topological polar surface area (TPSA) is 97.2 Å². The molecular formula is C42H35N3O3. The third kappa shape index (κ3) is 6.46. The Kier molecular flexibility index (Phi) is 9.44. The number of fused-ring (bicyclic) bond motifs is 6. The summed E-state index contributed by atoms with van der Waals surface area (Å²) in [6, 6.07) is 43.5. The molecule has 0 spiro atoms. The van der Waals surface area contributed by atoms with Crippen molar-refractivity contribution < 1.29 is 13.9 Å². The highest BCUT2D eigenvalue weighted by Gasteiger charge is 2.13. The van der Waals surface area contributed by atoms with Gasteiger partial charge in [0, 0.05) is 32.7 Å². The van der Waals surface area contributed by atoms with Crippen LogP contribution < -0.4 is 5.73 Å². The van der Waals surface area contributed by atoms with Gasteiger partial charge in [-0.15, -0.1) is 13.2 Å². The molecule has 0 radical (unpaired) electrons. The van der Waals surface area contributed by atoms with Gasteiger partial charge in [-0.2, -0.15) is 0 Å². The maximum Gasteiger partial charge on any atom is 0.143 e. The van der Waals surface area contributed by atoms with Gasteiger partial charge in [0.15, 0.2) is 0 Å². The predicted octanol–water partition coefficient (Wildman–Crippen LogP) is 10.5. The fourth-order valence-corrected chi connectivity index (χ4v) is 5.78. The average molecular weight is 630 g/mol. The first kappa shape index (κ1) is 31.6. The molecule has 48 heavy (non-hydrogen) atoms. The van der Waals surface area contributed by atoms with Gasteiger partial charge < -0.3 is 19.7 Å². The van der Waals surface area contributed by atoms with Gasteiger partial charge in [-0.05, 0) is 53.7 Å². The summed E-state index contributed by atoms with van der Waals surface area (Å²) in [7, 11) is 0. The van der Waals surface area contributed by atoms with E-state index in [1.807, 2.05) is 66.7 Å². The number of para-hydroxylation sites is 2. The van der Waals surface area contributed by atoms with Crippen LogP contribution in [0, 0.1) is 0 Å². The zero-order valence-electron chi connectivity index (χ0n) is 26.5. The van der Waals surface area contributed by atoms with E-state index in [9.17, 15) is 5.11 Å². The molecule has 8 rings (SSSR count). The normalized spacial score (nSPS) is 11.2. The van der Waals surface area contributed by atoms with Crippen LogP contribution in [0.4, 0.5) is 0 Å². The molecule has 236 valence electrons. The molecule has 2 aromatic heterocycles. The molecule has 0 aliphatic carbocycles. The van der Waals surface area contributed by atoms with Gasteiger partial charge in [-0.25, -0.2) is 0 Å². The smallest absolute Gasteiger partial charge is 0.143 e. The number of hydrogen-bond acceptors (Lipinski definition) is 5. The van der Waals surface area contributed by atoms with E-state index in [1.165, 1.54) is 0 Å².